The highest BCUT2D eigenvalue weighted by molar-refractivity contribution is 9.11. The van der Waals surface area contributed by atoms with Gasteiger partial charge in [-0.3, -0.25) is 0 Å². The van der Waals surface area contributed by atoms with Gasteiger partial charge in [0.2, 0.25) is 0 Å². The summed E-state index contributed by atoms with van der Waals surface area (Å²) in [4.78, 5) is 2.69. The summed E-state index contributed by atoms with van der Waals surface area (Å²) in [6.45, 7) is 2.13. The molecule has 80 valence electrons. The summed E-state index contributed by atoms with van der Waals surface area (Å²) < 4.78 is 1.16. The van der Waals surface area contributed by atoms with Gasteiger partial charge in [0, 0.05) is 9.75 Å². The zero-order valence-electron chi connectivity index (χ0n) is 7.76. The van der Waals surface area contributed by atoms with Crippen molar-refractivity contribution in [1.29, 1.82) is 0 Å². The molecule has 2 aromatic rings. The minimum absolute atomic E-state index is 0.201. The molecule has 2 aromatic heterocycles. The largest absolute Gasteiger partial charge is 0.146 e. The molecular formula is C10H7Br2ClS2. The van der Waals surface area contributed by atoms with Gasteiger partial charge < -0.3 is 0 Å². The molecule has 2 heterocycles. The Hall–Kier alpha value is 0.650. The molecule has 5 heteroatoms. The highest BCUT2D eigenvalue weighted by Crippen LogP contribution is 2.42. The number of thiophene rings is 2. The minimum Gasteiger partial charge on any atom is -0.146 e. The molecule has 0 amide bonds. The summed E-state index contributed by atoms with van der Waals surface area (Å²) in [6, 6.07) is 4.09. The Balaban J connectivity index is 2.40. The van der Waals surface area contributed by atoms with Crippen molar-refractivity contribution in [2.75, 3.05) is 0 Å². The van der Waals surface area contributed by atoms with Crippen molar-refractivity contribution in [2.24, 2.45) is 0 Å². The summed E-state index contributed by atoms with van der Waals surface area (Å²) in [7, 11) is 0. The quantitative estimate of drug-likeness (QED) is 0.554. The third-order valence-electron chi connectivity index (χ3n) is 2.07. The van der Waals surface area contributed by atoms with E-state index in [0.717, 1.165) is 8.81 Å². The lowest BCUT2D eigenvalue weighted by molar-refractivity contribution is 1.21. The van der Waals surface area contributed by atoms with E-state index in [1.54, 1.807) is 22.7 Å². The molecule has 0 N–H and O–H groups in total. The van der Waals surface area contributed by atoms with Gasteiger partial charge in [0.15, 0.2) is 0 Å². The smallest absolute Gasteiger partial charge is 0.0763 e. The number of aryl methyl sites for hydroxylation is 1. The van der Waals surface area contributed by atoms with Gasteiger partial charge in [-0.1, -0.05) is 27.5 Å². The van der Waals surface area contributed by atoms with Gasteiger partial charge in [0.05, 0.1) is 13.6 Å². The van der Waals surface area contributed by atoms with E-state index in [0.29, 0.717) is 0 Å². The van der Waals surface area contributed by atoms with E-state index < -0.39 is 0 Å². The molecular weight excluding hydrogens is 380 g/mol. The van der Waals surface area contributed by atoms with Crippen LogP contribution < -0.4 is 0 Å². The van der Waals surface area contributed by atoms with Crippen LogP contribution in [-0.4, -0.2) is 0 Å². The van der Waals surface area contributed by atoms with Crippen LogP contribution in [0.25, 0.3) is 0 Å². The van der Waals surface area contributed by atoms with Crippen molar-refractivity contribution >= 4 is 66.1 Å². The highest BCUT2D eigenvalue weighted by Gasteiger charge is 2.18. The molecule has 1 unspecified atom stereocenters. The van der Waals surface area contributed by atoms with E-state index in [1.165, 1.54) is 15.3 Å². The molecule has 0 saturated carbocycles. The Bertz CT molecular complexity index is 475. The monoisotopic (exact) mass is 384 g/mol. The fourth-order valence-corrected chi connectivity index (χ4v) is 5.57. The summed E-state index contributed by atoms with van der Waals surface area (Å²) in [5.74, 6) is 0. The third kappa shape index (κ3) is 2.50. The van der Waals surface area contributed by atoms with Crippen molar-refractivity contribution in [3.05, 3.63) is 41.6 Å². The van der Waals surface area contributed by atoms with E-state index in [-0.39, 0.29) is 4.83 Å². The molecule has 0 saturated heterocycles. The molecule has 0 aliphatic heterocycles. The zero-order valence-corrected chi connectivity index (χ0v) is 13.3. The van der Waals surface area contributed by atoms with E-state index in [4.69, 9.17) is 11.6 Å². The maximum atomic E-state index is 6.12. The van der Waals surface area contributed by atoms with Crippen LogP contribution in [0, 0.1) is 6.92 Å². The van der Waals surface area contributed by atoms with Crippen LogP contribution >= 0.6 is 66.1 Å². The SMILES string of the molecule is Cc1sc(Br)cc1C(Br)c1sccc1Cl. The lowest BCUT2D eigenvalue weighted by Crippen LogP contribution is -1.89. The van der Waals surface area contributed by atoms with Gasteiger partial charge in [0.25, 0.3) is 0 Å². The van der Waals surface area contributed by atoms with Crippen molar-refractivity contribution in [3.63, 3.8) is 0 Å². The second-order valence-corrected chi connectivity index (χ2v) is 7.96. The molecule has 0 radical (unpaired) electrons. The first-order valence-electron chi connectivity index (χ1n) is 4.22. The average molecular weight is 387 g/mol. The maximum Gasteiger partial charge on any atom is 0.0763 e. The van der Waals surface area contributed by atoms with Gasteiger partial charge in [-0.05, 0) is 45.9 Å². The first-order chi connectivity index (χ1) is 7.09. The maximum absolute atomic E-state index is 6.12. The number of alkyl halides is 1. The molecule has 0 aliphatic carbocycles. The normalized spacial score (nSPS) is 13.1. The molecule has 0 fully saturated rings. The van der Waals surface area contributed by atoms with E-state index >= 15 is 0 Å². The van der Waals surface area contributed by atoms with Gasteiger partial charge in [-0.15, -0.1) is 22.7 Å². The molecule has 15 heavy (non-hydrogen) atoms. The van der Waals surface area contributed by atoms with Crippen LogP contribution in [0.5, 0.6) is 0 Å². The highest BCUT2D eigenvalue weighted by atomic mass is 79.9. The van der Waals surface area contributed by atoms with Crippen molar-refractivity contribution < 1.29 is 0 Å². The predicted octanol–water partition coefficient (Wildman–Crippen LogP) is 6.02. The summed E-state index contributed by atoms with van der Waals surface area (Å²) in [6.07, 6.45) is 0. The predicted molar refractivity (Wildman–Crippen MR) is 76.9 cm³/mol. The molecule has 0 nitrogen and oxygen atoms in total. The van der Waals surface area contributed by atoms with Crippen LogP contribution in [0.4, 0.5) is 0 Å². The molecule has 0 aliphatic rings. The number of halogens is 3. The lowest BCUT2D eigenvalue weighted by Gasteiger charge is -2.07. The van der Waals surface area contributed by atoms with Crippen molar-refractivity contribution in [1.82, 2.24) is 0 Å². The van der Waals surface area contributed by atoms with Crippen LogP contribution in [0.2, 0.25) is 5.02 Å². The second-order valence-electron chi connectivity index (χ2n) is 3.06. The second kappa shape index (κ2) is 4.88. The summed E-state index contributed by atoms with van der Waals surface area (Å²) >= 11 is 16.7. The summed E-state index contributed by atoms with van der Waals surface area (Å²) in [5.41, 5.74) is 1.29. The van der Waals surface area contributed by atoms with Gasteiger partial charge in [-0.2, -0.15) is 0 Å². The van der Waals surface area contributed by atoms with Crippen molar-refractivity contribution in [3.8, 4) is 0 Å². The first-order valence-corrected chi connectivity index (χ1v) is 8.00. The Kier molecular flexibility index (Phi) is 3.94. The molecule has 0 spiro atoms. The van der Waals surface area contributed by atoms with Crippen LogP contribution in [0.3, 0.4) is 0 Å². The van der Waals surface area contributed by atoms with Gasteiger partial charge >= 0.3 is 0 Å². The standard InChI is InChI=1S/C10H7Br2ClS2/c1-5-6(4-8(11)15-5)9(12)10-7(13)2-3-14-10/h2-4,9H,1H3. The molecule has 2 rings (SSSR count). The van der Waals surface area contributed by atoms with Gasteiger partial charge in [-0.25, -0.2) is 0 Å². The first kappa shape index (κ1) is 12.1. The fourth-order valence-electron chi connectivity index (χ4n) is 1.34. The number of hydrogen-bond donors (Lipinski definition) is 0. The molecule has 0 aromatic carbocycles. The van der Waals surface area contributed by atoms with Crippen LogP contribution in [0.1, 0.15) is 20.1 Å². The van der Waals surface area contributed by atoms with E-state index in [9.17, 15) is 0 Å². The fraction of sp³-hybridized carbons (Fsp3) is 0.200. The number of hydrogen-bond acceptors (Lipinski definition) is 2. The van der Waals surface area contributed by atoms with E-state index in [1.807, 2.05) is 11.4 Å². The molecule has 0 bridgehead atoms. The zero-order chi connectivity index (χ0) is 11.0. The summed E-state index contributed by atoms with van der Waals surface area (Å²) in [5, 5.41) is 2.85. The Morgan fingerprint density at radius 2 is 2.20 bits per heavy atom. The lowest BCUT2D eigenvalue weighted by atomic mass is 10.2. The van der Waals surface area contributed by atoms with Crippen LogP contribution in [0.15, 0.2) is 21.3 Å². The minimum atomic E-state index is 0.201. The van der Waals surface area contributed by atoms with Crippen molar-refractivity contribution in [2.45, 2.75) is 11.8 Å². The number of rotatable bonds is 2. The Morgan fingerprint density at radius 1 is 1.47 bits per heavy atom. The van der Waals surface area contributed by atoms with Crippen LogP contribution in [-0.2, 0) is 0 Å². The average Bonchev–Trinajstić information content (AvgIpc) is 2.71. The molecule has 1 atom stereocenters. The Morgan fingerprint density at radius 3 is 2.67 bits per heavy atom. The topological polar surface area (TPSA) is 0 Å². The van der Waals surface area contributed by atoms with Gasteiger partial charge in [0.1, 0.15) is 0 Å². The Labute approximate surface area is 119 Å². The van der Waals surface area contributed by atoms with E-state index in [2.05, 4.69) is 44.8 Å². The third-order valence-corrected chi connectivity index (χ3v) is 6.32.